The summed E-state index contributed by atoms with van der Waals surface area (Å²) in [4.78, 5) is 21.6. The second kappa shape index (κ2) is 8.40. The number of allylic oxidation sites excluding steroid dienone is 1. The Kier molecular flexibility index (Phi) is 5.53. The molecule has 1 aromatic heterocycles. The van der Waals surface area contributed by atoms with Gasteiger partial charge in [-0.3, -0.25) is 14.7 Å². The first-order valence-electron chi connectivity index (χ1n) is 9.79. The first-order chi connectivity index (χ1) is 13.7. The lowest BCUT2D eigenvalue weighted by Gasteiger charge is -2.28. The Labute approximate surface area is 165 Å². The smallest absolute Gasteiger partial charge is 0.261 e. The molecule has 3 heterocycles. The summed E-state index contributed by atoms with van der Waals surface area (Å²) in [5.74, 6) is 0.635. The minimum Gasteiger partial charge on any atom is -0.462 e. The van der Waals surface area contributed by atoms with Crippen molar-refractivity contribution in [2.45, 2.75) is 19.8 Å². The van der Waals surface area contributed by atoms with Gasteiger partial charge in [-0.05, 0) is 49.6 Å². The van der Waals surface area contributed by atoms with Crippen LogP contribution in [0.5, 0.6) is 5.75 Å². The maximum absolute atomic E-state index is 12.9. The molecule has 2 aliphatic heterocycles. The Morgan fingerprint density at radius 2 is 1.96 bits per heavy atom. The molecular formula is C23H25N3O2. The van der Waals surface area contributed by atoms with E-state index in [4.69, 9.17) is 4.74 Å². The van der Waals surface area contributed by atoms with Crippen LogP contribution < -0.4 is 4.74 Å². The Morgan fingerprint density at radius 3 is 2.75 bits per heavy atom. The van der Waals surface area contributed by atoms with Crippen molar-refractivity contribution in [1.82, 2.24) is 14.8 Å². The molecule has 0 saturated heterocycles. The predicted octanol–water partition coefficient (Wildman–Crippen LogP) is 3.96. The summed E-state index contributed by atoms with van der Waals surface area (Å²) in [6, 6.07) is 13.5. The van der Waals surface area contributed by atoms with Crippen LogP contribution in [0.1, 0.15) is 35.8 Å². The summed E-state index contributed by atoms with van der Waals surface area (Å²) in [6.07, 6.45) is 7.73. The van der Waals surface area contributed by atoms with Crippen molar-refractivity contribution in [3.8, 4) is 5.75 Å². The molecule has 28 heavy (non-hydrogen) atoms. The Balaban J connectivity index is 1.33. The number of hydrogen-bond acceptors (Lipinski definition) is 4. The molecule has 0 N–H and O–H groups in total. The molecule has 1 aromatic carbocycles. The number of benzene rings is 1. The van der Waals surface area contributed by atoms with Gasteiger partial charge in [-0.1, -0.05) is 24.3 Å². The third-order valence-corrected chi connectivity index (χ3v) is 5.29. The van der Waals surface area contributed by atoms with E-state index in [0.29, 0.717) is 17.9 Å². The van der Waals surface area contributed by atoms with E-state index in [9.17, 15) is 4.79 Å². The molecule has 5 nitrogen and oxygen atoms in total. The van der Waals surface area contributed by atoms with E-state index in [1.807, 2.05) is 54.4 Å². The van der Waals surface area contributed by atoms with E-state index < -0.39 is 0 Å². The molecule has 144 valence electrons. The monoisotopic (exact) mass is 375 g/mol. The van der Waals surface area contributed by atoms with Crippen molar-refractivity contribution in [3.05, 3.63) is 78.0 Å². The number of nitrogens with zero attached hydrogens (tertiary/aromatic N) is 3. The first kappa shape index (κ1) is 18.4. The van der Waals surface area contributed by atoms with Gasteiger partial charge in [-0.15, -0.1) is 0 Å². The van der Waals surface area contributed by atoms with E-state index in [1.165, 1.54) is 5.57 Å². The van der Waals surface area contributed by atoms with E-state index >= 15 is 0 Å². The van der Waals surface area contributed by atoms with Crippen molar-refractivity contribution in [2.24, 2.45) is 0 Å². The first-order valence-corrected chi connectivity index (χ1v) is 9.79. The van der Waals surface area contributed by atoms with Gasteiger partial charge in [0.1, 0.15) is 12.0 Å². The fourth-order valence-corrected chi connectivity index (χ4v) is 3.69. The summed E-state index contributed by atoms with van der Waals surface area (Å²) in [5.41, 5.74) is 3.87. The summed E-state index contributed by atoms with van der Waals surface area (Å²) in [7, 11) is 0. The predicted molar refractivity (Wildman–Crippen MR) is 110 cm³/mol. The van der Waals surface area contributed by atoms with Crippen LogP contribution in [0.25, 0.3) is 5.57 Å². The van der Waals surface area contributed by atoms with Gasteiger partial charge < -0.3 is 9.64 Å². The average Bonchev–Trinajstić information content (AvgIpc) is 2.87. The number of ether oxygens (including phenoxy) is 1. The molecule has 1 amide bonds. The van der Waals surface area contributed by atoms with E-state index in [1.54, 1.807) is 6.26 Å². The zero-order chi connectivity index (χ0) is 19.3. The lowest BCUT2D eigenvalue weighted by Crippen LogP contribution is -2.34. The third-order valence-electron chi connectivity index (χ3n) is 5.29. The number of carbonyl (C=O) groups excluding carboxylic acids is 1. The van der Waals surface area contributed by atoms with Gasteiger partial charge in [-0.2, -0.15) is 0 Å². The molecule has 0 bridgehead atoms. The summed E-state index contributed by atoms with van der Waals surface area (Å²) in [5, 5.41) is 0. The zero-order valence-electron chi connectivity index (χ0n) is 16.2. The van der Waals surface area contributed by atoms with Crippen molar-refractivity contribution in [1.29, 1.82) is 0 Å². The van der Waals surface area contributed by atoms with Crippen LogP contribution >= 0.6 is 0 Å². The van der Waals surface area contributed by atoms with Gasteiger partial charge in [0.15, 0.2) is 0 Å². The Hall–Kier alpha value is -2.92. The number of rotatable bonds is 5. The van der Waals surface area contributed by atoms with E-state index in [-0.39, 0.29) is 5.91 Å². The van der Waals surface area contributed by atoms with Crippen LogP contribution in [-0.4, -0.2) is 46.9 Å². The normalized spacial score (nSPS) is 17.3. The summed E-state index contributed by atoms with van der Waals surface area (Å²) in [6.45, 7) is 5.53. The number of hydrogen-bond donors (Lipinski definition) is 0. The minimum atomic E-state index is 0.0119. The standard InChI is InChI=1S/C23H25N3O2/c1-18-17-28-22-9-3-2-7-20(22)23(27)26(18)14-6-13-25-15-10-19(11-16-25)21-8-4-5-12-24-21/h2-5,7-10,12,17H,6,11,13-16H2,1H3. The summed E-state index contributed by atoms with van der Waals surface area (Å²) >= 11 is 0. The Morgan fingerprint density at radius 1 is 1.11 bits per heavy atom. The number of amides is 1. The quantitative estimate of drug-likeness (QED) is 0.794. The average molecular weight is 375 g/mol. The molecule has 2 aliphatic rings. The van der Waals surface area contributed by atoms with Gasteiger partial charge in [0.2, 0.25) is 0 Å². The number of carbonyl (C=O) groups is 1. The van der Waals surface area contributed by atoms with Crippen molar-refractivity contribution in [3.63, 3.8) is 0 Å². The number of para-hydroxylation sites is 1. The van der Waals surface area contributed by atoms with Crippen LogP contribution in [0.3, 0.4) is 0 Å². The highest BCUT2D eigenvalue weighted by molar-refractivity contribution is 5.98. The lowest BCUT2D eigenvalue weighted by molar-refractivity contribution is 0.0802. The number of pyridine rings is 1. The molecule has 2 aromatic rings. The molecule has 5 heteroatoms. The van der Waals surface area contributed by atoms with Crippen LogP contribution in [-0.2, 0) is 0 Å². The molecule has 0 fully saturated rings. The van der Waals surface area contributed by atoms with Crippen LogP contribution in [0, 0.1) is 0 Å². The fourth-order valence-electron chi connectivity index (χ4n) is 3.69. The van der Waals surface area contributed by atoms with Crippen LogP contribution in [0.15, 0.2) is 66.7 Å². The van der Waals surface area contributed by atoms with Crippen molar-refractivity contribution >= 4 is 11.5 Å². The fraction of sp³-hybridized carbons (Fsp3) is 0.304. The van der Waals surface area contributed by atoms with Gasteiger partial charge >= 0.3 is 0 Å². The number of fused-ring (bicyclic) bond motifs is 1. The zero-order valence-corrected chi connectivity index (χ0v) is 16.2. The molecule has 0 atom stereocenters. The molecule has 0 radical (unpaired) electrons. The molecule has 0 spiro atoms. The number of aromatic nitrogens is 1. The highest BCUT2D eigenvalue weighted by atomic mass is 16.5. The molecule has 0 unspecified atom stereocenters. The third kappa shape index (κ3) is 3.99. The van der Waals surface area contributed by atoms with Crippen molar-refractivity contribution in [2.75, 3.05) is 26.2 Å². The topological polar surface area (TPSA) is 45.7 Å². The second-order valence-corrected chi connectivity index (χ2v) is 7.18. The van der Waals surface area contributed by atoms with Crippen molar-refractivity contribution < 1.29 is 9.53 Å². The van der Waals surface area contributed by atoms with Gasteiger partial charge in [0.05, 0.1) is 17.0 Å². The van der Waals surface area contributed by atoms with Gasteiger partial charge in [-0.25, -0.2) is 0 Å². The largest absolute Gasteiger partial charge is 0.462 e. The highest BCUT2D eigenvalue weighted by Crippen LogP contribution is 2.26. The lowest BCUT2D eigenvalue weighted by atomic mass is 10.0. The van der Waals surface area contributed by atoms with Crippen LogP contribution in [0.2, 0.25) is 0 Å². The molecule has 4 rings (SSSR count). The van der Waals surface area contributed by atoms with Crippen LogP contribution in [0.4, 0.5) is 0 Å². The highest BCUT2D eigenvalue weighted by Gasteiger charge is 2.24. The van der Waals surface area contributed by atoms with Gasteiger partial charge in [0, 0.05) is 32.4 Å². The molecular weight excluding hydrogens is 350 g/mol. The maximum atomic E-state index is 12.9. The van der Waals surface area contributed by atoms with E-state index in [2.05, 4.69) is 22.0 Å². The van der Waals surface area contributed by atoms with E-state index in [0.717, 1.165) is 43.9 Å². The molecule has 0 aliphatic carbocycles. The second-order valence-electron chi connectivity index (χ2n) is 7.18. The summed E-state index contributed by atoms with van der Waals surface area (Å²) < 4.78 is 5.66. The maximum Gasteiger partial charge on any atom is 0.261 e. The molecule has 0 saturated carbocycles. The minimum absolute atomic E-state index is 0.0119. The Bertz CT molecular complexity index is 905. The van der Waals surface area contributed by atoms with Gasteiger partial charge in [0.25, 0.3) is 5.91 Å². The SMILES string of the molecule is CC1=COc2ccccc2C(=O)N1CCCN1CC=C(c2ccccn2)CC1.